The summed E-state index contributed by atoms with van der Waals surface area (Å²) in [5, 5.41) is 11.5. The number of carboxylic acids is 1. The van der Waals surface area contributed by atoms with Gasteiger partial charge in [0.25, 0.3) is 0 Å². The monoisotopic (exact) mass is 265 g/mol. The molecular formula is C13H15NO3S. The van der Waals surface area contributed by atoms with Crippen molar-refractivity contribution in [1.29, 1.82) is 0 Å². The molecule has 0 saturated carbocycles. The third-order valence-electron chi connectivity index (χ3n) is 2.99. The Morgan fingerprint density at radius 2 is 2.28 bits per heavy atom. The lowest BCUT2D eigenvalue weighted by atomic mass is 9.97. The Labute approximate surface area is 110 Å². The SMILES string of the molecule is CC1Sc2cc(C(C)CC(=O)O)ccc2NC1=O. The van der Waals surface area contributed by atoms with Crippen LogP contribution in [0.3, 0.4) is 0 Å². The molecule has 4 nitrogen and oxygen atoms in total. The normalized spacial score (nSPS) is 19.9. The fourth-order valence-electron chi connectivity index (χ4n) is 1.90. The van der Waals surface area contributed by atoms with Crippen molar-refractivity contribution in [2.75, 3.05) is 5.32 Å². The summed E-state index contributed by atoms with van der Waals surface area (Å²) >= 11 is 1.51. The summed E-state index contributed by atoms with van der Waals surface area (Å²) in [5.74, 6) is -0.810. The Hall–Kier alpha value is -1.49. The maximum atomic E-state index is 11.5. The average molecular weight is 265 g/mol. The molecule has 0 fully saturated rings. The van der Waals surface area contributed by atoms with E-state index in [0.29, 0.717) is 0 Å². The van der Waals surface area contributed by atoms with Crippen molar-refractivity contribution in [2.24, 2.45) is 0 Å². The van der Waals surface area contributed by atoms with Gasteiger partial charge in [0.15, 0.2) is 0 Å². The largest absolute Gasteiger partial charge is 0.481 e. The summed E-state index contributed by atoms with van der Waals surface area (Å²) in [6.07, 6.45) is 0.116. The van der Waals surface area contributed by atoms with Crippen LogP contribution in [0.1, 0.15) is 31.7 Å². The minimum absolute atomic E-state index is 0.0128. The van der Waals surface area contributed by atoms with Crippen molar-refractivity contribution in [2.45, 2.75) is 36.3 Å². The number of fused-ring (bicyclic) bond motifs is 1. The highest BCUT2D eigenvalue weighted by Gasteiger charge is 2.23. The van der Waals surface area contributed by atoms with Gasteiger partial charge in [-0.2, -0.15) is 0 Å². The molecular weight excluding hydrogens is 250 g/mol. The molecule has 2 rings (SSSR count). The van der Waals surface area contributed by atoms with Gasteiger partial charge in [0.2, 0.25) is 5.91 Å². The number of nitrogens with one attached hydrogen (secondary N) is 1. The van der Waals surface area contributed by atoms with Crippen molar-refractivity contribution < 1.29 is 14.7 Å². The van der Waals surface area contributed by atoms with Crippen LogP contribution in [0, 0.1) is 0 Å². The maximum absolute atomic E-state index is 11.5. The van der Waals surface area contributed by atoms with E-state index in [-0.39, 0.29) is 23.5 Å². The van der Waals surface area contributed by atoms with Crippen LogP contribution in [-0.2, 0) is 9.59 Å². The molecule has 2 unspecified atom stereocenters. The van der Waals surface area contributed by atoms with Crippen molar-refractivity contribution in [3.63, 3.8) is 0 Å². The first kappa shape index (κ1) is 13.0. The van der Waals surface area contributed by atoms with E-state index in [2.05, 4.69) is 5.32 Å². The van der Waals surface area contributed by atoms with E-state index in [0.717, 1.165) is 16.1 Å². The standard InChI is InChI=1S/C13H15NO3S/c1-7(5-12(15)16)9-3-4-10-11(6-9)18-8(2)13(17)14-10/h3-4,6-8H,5H2,1-2H3,(H,14,17)(H,15,16). The molecule has 0 spiro atoms. The smallest absolute Gasteiger partial charge is 0.303 e. The van der Waals surface area contributed by atoms with Crippen LogP contribution in [0.5, 0.6) is 0 Å². The number of carbonyl (C=O) groups excluding carboxylic acids is 1. The summed E-state index contributed by atoms with van der Waals surface area (Å²) in [6.45, 7) is 3.75. The second-order valence-corrected chi connectivity index (χ2v) is 5.89. The van der Waals surface area contributed by atoms with Gasteiger partial charge in [-0.05, 0) is 30.5 Å². The third kappa shape index (κ3) is 2.67. The van der Waals surface area contributed by atoms with E-state index in [1.54, 1.807) is 0 Å². The predicted molar refractivity (Wildman–Crippen MR) is 71.1 cm³/mol. The Kier molecular flexibility index (Phi) is 3.61. The third-order valence-corrected chi connectivity index (χ3v) is 4.15. The lowest BCUT2D eigenvalue weighted by molar-refractivity contribution is -0.137. The van der Waals surface area contributed by atoms with Crippen LogP contribution in [0.15, 0.2) is 23.1 Å². The first-order valence-electron chi connectivity index (χ1n) is 5.80. The highest BCUT2D eigenvalue weighted by Crippen LogP contribution is 2.37. The number of hydrogen-bond acceptors (Lipinski definition) is 3. The summed E-state index contributed by atoms with van der Waals surface area (Å²) in [7, 11) is 0. The molecule has 1 aromatic carbocycles. The molecule has 1 aliphatic heterocycles. The van der Waals surface area contributed by atoms with Gasteiger partial charge in [-0.3, -0.25) is 9.59 Å². The molecule has 0 aromatic heterocycles. The molecule has 1 aliphatic rings. The Bertz CT molecular complexity index is 501. The lowest BCUT2D eigenvalue weighted by Gasteiger charge is -2.22. The summed E-state index contributed by atoms with van der Waals surface area (Å²) < 4.78 is 0. The number of benzene rings is 1. The van der Waals surface area contributed by atoms with Gasteiger partial charge >= 0.3 is 5.97 Å². The Balaban J connectivity index is 2.24. The van der Waals surface area contributed by atoms with Crippen molar-refractivity contribution >= 4 is 29.3 Å². The number of anilines is 1. The molecule has 1 heterocycles. The maximum Gasteiger partial charge on any atom is 0.303 e. The molecule has 96 valence electrons. The number of thioether (sulfide) groups is 1. The van der Waals surface area contributed by atoms with Crippen LogP contribution in [0.4, 0.5) is 5.69 Å². The van der Waals surface area contributed by atoms with Gasteiger partial charge in [-0.1, -0.05) is 13.0 Å². The van der Waals surface area contributed by atoms with Gasteiger partial charge in [-0.25, -0.2) is 0 Å². The van der Waals surface area contributed by atoms with E-state index in [1.807, 2.05) is 32.0 Å². The molecule has 0 bridgehead atoms. The zero-order chi connectivity index (χ0) is 13.3. The van der Waals surface area contributed by atoms with Gasteiger partial charge < -0.3 is 10.4 Å². The fraction of sp³-hybridized carbons (Fsp3) is 0.385. The molecule has 5 heteroatoms. The van der Waals surface area contributed by atoms with Crippen LogP contribution >= 0.6 is 11.8 Å². The van der Waals surface area contributed by atoms with E-state index >= 15 is 0 Å². The minimum atomic E-state index is -0.797. The Morgan fingerprint density at radius 1 is 1.56 bits per heavy atom. The van der Waals surface area contributed by atoms with Crippen LogP contribution in [-0.4, -0.2) is 22.2 Å². The second kappa shape index (κ2) is 5.02. The molecule has 1 amide bonds. The molecule has 2 atom stereocenters. The zero-order valence-electron chi connectivity index (χ0n) is 10.3. The number of aliphatic carboxylic acids is 1. The lowest BCUT2D eigenvalue weighted by Crippen LogP contribution is -2.26. The van der Waals surface area contributed by atoms with Gasteiger partial charge in [0, 0.05) is 4.90 Å². The van der Waals surface area contributed by atoms with Crippen molar-refractivity contribution in [1.82, 2.24) is 0 Å². The van der Waals surface area contributed by atoms with E-state index in [4.69, 9.17) is 5.11 Å². The van der Waals surface area contributed by atoms with Crippen molar-refractivity contribution in [3.05, 3.63) is 23.8 Å². The zero-order valence-corrected chi connectivity index (χ0v) is 11.1. The van der Waals surface area contributed by atoms with Gasteiger partial charge in [-0.15, -0.1) is 11.8 Å². The molecule has 0 radical (unpaired) electrons. The molecule has 18 heavy (non-hydrogen) atoms. The predicted octanol–water partition coefficient (Wildman–Crippen LogP) is 2.70. The molecule has 0 saturated heterocycles. The number of carbonyl (C=O) groups is 2. The van der Waals surface area contributed by atoms with Gasteiger partial charge in [0.05, 0.1) is 17.4 Å². The minimum Gasteiger partial charge on any atom is -0.481 e. The number of carboxylic acid groups (broad SMARTS) is 1. The molecule has 2 N–H and O–H groups in total. The van der Waals surface area contributed by atoms with Crippen LogP contribution in [0.25, 0.3) is 0 Å². The van der Waals surface area contributed by atoms with Gasteiger partial charge in [0.1, 0.15) is 0 Å². The highest BCUT2D eigenvalue weighted by atomic mass is 32.2. The second-order valence-electron chi connectivity index (χ2n) is 4.50. The molecule has 1 aromatic rings. The van der Waals surface area contributed by atoms with Crippen molar-refractivity contribution in [3.8, 4) is 0 Å². The summed E-state index contributed by atoms with van der Waals surface area (Å²) in [4.78, 5) is 23.2. The first-order chi connectivity index (χ1) is 8.47. The number of hydrogen-bond donors (Lipinski definition) is 2. The quantitative estimate of drug-likeness (QED) is 0.881. The topological polar surface area (TPSA) is 66.4 Å². The van der Waals surface area contributed by atoms with E-state index in [9.17, 15) is 9.59 Å². The Morgan fingerprint density at radius 3 is 2.94 bits per heavy atom. The van der Waals surface area contributed by atoms with Crippen LogP contribution in [0.2, 0.25) is 0 Å². The summed E-state index contributed by atoms with van der Waals surface area (Å²) in [6, 6.07) is 5.70. The first-order valence-corrected chi connectivity index (χ1v) is 6.68. The van der Waals surface area contributed by atoms with E-state index < -0.39 is 5.97 Å². The molecule has 0 aliphatic carbocycles. The van der Waals surface area contributed by atoms with E-state index in [1.165, 1.54) is 11.8 Å². The van der Waals surface area contributed by atoms with Crippen LogP contribution < -0.4 is 5.32 Å². The average Bonchev–Trinajstić information content (AvgIpc) is 2.29. The fourth-order valence-corrected chi connectivity index (χ4v) is 2.90. The number of amides is 1. The number of rotatable bonds is 3. The highest BCUT2D eigenvalue weighted by molar-refractivity contribution is 8.00. The summed E-state index contributed by atoms with van der Waals surface area (Å²) in [5.41, 5.74) is 1.81.